The number of hydrogen-bond donors (Lipinski definition) is 1. The number of nitrogens with zero attached hydrogens (tertiary/aromatic N) is 2. The molecule has 0 unspecified atom stereocenters. The molecule has 0 saturated heterocycles. The minimum Gasteiger partial charge on any atom is -0.351 e. The SMILES string of the molecule is CCOC(CNC(=O)c1cc2c(=O)n(C)c3ccccc3c2n1C)OCC. The van der Waals surface area contributed by atoms with Crippen molar-refractivity contribution in [3.8, 4) is 0 Å². The Morgan fingerprint density at radius 2 is 1.74 bits per heavy atom. The van der Waals surface area contributed by atoms with Gasteiger partial charge in [-0.2, -0.15) is 0 Å². The van der Waals surface area contributed by atoms with E-state index in [1.165, 1.54) is 0 Å². The summed E-state index contributed by atoms with van der Waals surface area (Å²) < 4.78 is 14.3. The van der Waals surface area contributed by atoms with Gasteiger partial charge in [-0.1, -0.05) is 18.2 Å². The largest absolute Gasteiger partial charge is 0.351 e. The molecule has 2 heterocycles. The molecule has 0 atom stereocenters. The Morgan fingerprint density at radius 3 is 2.41 bits per heavy atom. The Morgan fingerprint density at radius 1 is 1.07 bits per heavy atom. The van der Waals surface area contributed by atoms with Crippen molar-refractivity contribution < 1.29 is 14.3 Å². The van der Waals surface area contributed by atoms with Crippen LogP contribution in [-0.2, 0) is 23.6 Å². The van der Waals surface area contributed by atoms with Crippen LogP contribution in [0.2, 0.25) is 0 Å². The lowest BCUT2D eigenvalue weighted by atomic mass is 10.1. The molecule has 2 aromatic heterocycles. The van der Waals surface area contributed by atoms with E-state index in [9.17, 15) is 9.59 Å². The van der Waals surface area contributed by atoms with Crippen LogP contribution >= 0.6 is 0 Å². The van der Waals surface area contributed by atoms with Crippen LogP contribution in [0.4, 0.5) is 0 Å². The van der Waals surface area contributed by atoms with E-state index in [4.69, 9.17) is 9.47 Å². The first-order chi connectivity index (χ1) is 13.0. The van der Waals surface area contributed by atoms with E-state index in [1.54, 1.807) is 29.3 Å². The number of amides is 1. The van der Waals surface area contributed by atoms with Crippen molar-refractivity contribution >= 4 is 27.7 Å². The van der Waals surface area contributed by atoms with Crippen LogP contribution in [0.1, 0.15) is 24.3 Å². The fourth-order valence-corrected chi connectivity index (χ4v) is 3.37. The molecule has 7 heteroatoms. The van der Waals surface area contributed by atoms with Gasteiger partial charge in [0.1, 0.15) is 5.69 Å². The van der Waals surface area contributed by atoms with Gasteiger partial charge in [-0.05, 0) is 26.0 Å². The molecule has 0 fully saturated rings. The van der Waals surface area contributed by atoms with Gasteiger partial charge in [0.05, 0.1) is 23.0 Å². The predicted molar refractivity (Wildman–Crippen MR) is 105 cm³/mol. The number of pyridine rings is 1. The van der Waals surface area contributed by atoms with E-state index in [1.807, 2.05) is 38.1 Å². The zero-order chi connectivity index (χ0) is 19.6. The molecule has 0 aliphatic carbocycles. The first kappa shape index (κ1) is 19.1. The Kier molecular flexibility index (Phi) is 5.62. The first-order valence-corrected chi connectivity index (χ1v) is 9.08. The Balaban J connectivity index is 2.00. The van der Waals surface area contributed by atoms with Crippen LogP contribution in [-0.4, -0.2) is 41.1 Å². The van der Waals surface area contributed by atoms with Gasteiger partial charge in [-0.25, -0.2) is 0 Å². The number of carbonyl (C=O) groups is 1. The number of benzene rings is 1. The summed E-state index contributed by atoms with van der Waals surface area (Å²) in [4.78, 5) is 25.5. The molecular formula is C20H25N3O4. The smallest absolute Gasteiger partial charge is 0.268 e. The number of nitrogens with one attached hydrogen (secondary N) is 1. The number of carbonyl (C=O) groups excluding carboxylic acids is 1. The Bertz CT molecular complexity index is 1030. The topological polar surface area (TPSA) is 74.5 Å². The summed E-state index contributed by atoms with van der Waals surface area (Å²) in [6, 6.07) is 9.33. The number of para-hydroxylation sites is 1. The molecule has 0 aliphatic heterocycles. The molecule has 7 nitrogen and oxygen atoms in total. The van der Waals surface area contributed by atoms with Gasteiger partial charge in [0.15, 0.2) is 6.29 Å². The van der Waals surface area contributed by atoms with E-state index in [0.29, 0.717) is 24.3 Å². The normalized spacial score (nSPS) is 11.6. The monoisotopic (exact) mass is 371 g/mol. The number of fused-ring (bicyclic) bond motifs is 3. The highest BCUT2D eigenvalue weighted by Gasteiger charge is 2.19. The summed E-state index contributed by atoms with van der Waals surface area (Å²) in [7, 11) is 3.54. The van der Waals surface area contributed by atoms with Gasteiger partial charge in [0.2, 0.25) is 0 Å². The van der Waals surface area contributed by atoms with Crippen LogP contribution in [0, 0.1) is 0 Å². The zero-order valence-electron chi connectivity index (χ0n) is 16.1. The van der Waals surface area contributed by atoms with Crippen LogP contribution in [0.5, 0.6) is 0 Å². The molecule has 0 aliphatic rings. The van der Waals surface area contributed by atoms with Gasteiger partial charge >= 0.3 is 0 Å². The maximum Gasteiger partial charge on any atom is 0.268 e. The summed E-state index contributed by atoms with van der Waals surface area (Å²) in [5.74, 6) is -0.274. The van der Waals surface area contributed by atoms with E-state index in [0.717, 1.165) is 16.4 Å². The summed E-state index contributed by atoms with van der Waals surface area (Å²) in [5.41, 5.74) is 1.88. The number of aryl methyl sites for hydroxylation is 2. The molecule has 1 N–H and O–H groups in total. The molecule has 144 valence electrons. The van der Waals surface area contributed by atoms with Crippen LogP contribution < -0.4 is 10.9 Å². The highest BCUT2D eigenvalue weighted by atomic mass is 16.7. The van der Waals surface area contributed by atoms with Gasteiger partial charge < -0.3 is 23.9 Å². The third kappa shape index (κ3) is 3.48. The molecule has 3 rings (SSSR count). The molecule has 0 bridgehead atoms. The lowest BCUT2D eigenvalue weighted by Crippen LogP contribution is -2.36. The third-order valence-corrected chi connectivity index (χ3v) is 4.66. The van der Waals surface area contributed by atoms with E-state index >= 15 is 0 Å². The minimum absolute atomic E-state index is 0.125. The van der Waals surface area contributed by atoms with E-state index in [-0.39, 0.29) is 18.0 Å². The van der Waals surface area contributed by atoms with Gasteiger partial charge in [0, 0.05) is 32.7 Å². The summed E-state index contributed by atoms with van der Waals surface area (Å²) in [6.07, 6.45) is -0.493. The lowest BCUT2D eigenvalue weighted by Gasteiger charge is -2.17. The molecule has 0 radical (unpaired) electrons. The summed E-state index contributed by atoms with van der Waals surface area (Å²) in [6.45, 7) is 4.98. The molecule has 27 heavy (non-hydrogen) atoms. The molecule has 0 spiro atoms. The maximum absolute atomic E-state index is 12.7. The number of aromatic nitrogens is 2. The minimum atomic E-state index is -0.493. The Hall–Kier alpha value is -2.64. The second kappa shape index (κ2) is 7.94. The summed E-state index contributed by atoms with van der Waals surface area (Å²) >= 11 is 0. The number of rotatable bonds is 7. The van der Waals surface area contributed by atoms with Gasteiger partial charge in [-0.15, -0.1) is 0 Å². The second-order valence-corrected chi connectivity index (χ2v) is 6.28. The average molecular weight is 371 g/mol. The van der Waals surface area contributed by atoms with Crippen molar-refractivity contribution in [2.45, 2.75) is 20.1 Å². The van der Waals surface area contributed by atoms with E-state index < -0.39 is 6.29 Å². The van der Waals surface area contributed by atoms with Crippen LogP contribution in [0.15, 0.2) is 35.1 Å². The quantitative estimate of drug-likeness (QED) is 0.646. The zero-order valence-corrected chi connectivity index (χ0v) is 16.1. The molecule has 1 aromatic carbocycles. The van der Waals surface area contributed by atoms with Crippen LogP contribution in [0.25, 0.3) is 21.8 Å². The fourth-order valence-electron chi connectivity index (χ4n) is 3.37. The summed E-state index contributed by atoms with van der Waals surface area (Å²) in [5, 5.41) is 4.29. The van der Waals surface area contributed by atoms with Crippen molar-refractivity contribution in [2.24, 2.45) is 14.1 Å². The molecular weight excluding hydrogens is 346 g/mol. The van der Waals surface area contributed by atoms with Gasteiger partial charge in [-0.3, -0.25) is 9.59 Å². The lowest BCUT2D eigenvalue weighted by molar-refractivity contribution is -0.131. The highest BCUT2D eigenvalue weighted by Crippen LogP contribution is 2.24. The highest BCUT2D eigenvalue weighted by molar-refractivity contribution is 6.08. The van der Waals surface area contributed by atoms with Crippen molar-refractivity contribution in [3.05, 3.63) is 46.4 Å². The average Bonchev–Trinajstić information content (AvgIpc) is 3.02. The fraction of sp³-hybridized carbons (Fsp3) is 0.400. The first-order valence-electron chi connectivity index (χ1n) is 9.08. The predicted octanol–water partition coefficient (Wildman–Crippen LogP) is 2.16. The van der Waals surface area contributed by atoms with Crippen molar-refractivity contribution in [1.29, 1.82) is 0 Å². The standard InChI is InChI=1S/C20H25N3O4/c1-5-26-17(27-6-2)12-21-19(24)16-11-14-18(22(16)3)13-9-7-8-10-15(13)23(4)20(14)25/h7-11,17H,5-6,12H2,1-4H3,(H,21,24). The van der Waals surface area contributed by atoms with Gasteiger partial charge in [0.25, 0.3) is 11.5 Å². The van der Waals surface area contributed by atoms with E-state index in [2.05, 4.69) is 5.32 Å². The van der Waals surface area contributed by atoms with Crippen molar-refractivity contribution in [2.75, 3.05) is 19.8 Å². The van der Waals surface area contributed by atoms with Crippen molar-refractivity contribution in [3.63, 3.8) is 0 Å². The second-order valence-electron chi connectivity index (χ2n) is 6.28. The van der Waals surface area contributed by atoms with Crippen LogP contribution in [0.3, 0.4) is 0 Å². The third-order valence-electron chi connectivity index (χ3n) is 4.66. The number of hydrogen-bond acceptors (Lipinski definition) is 4. The number of ether oxygens (including phenoxy) is 2. The molecule has 0 saturated carbocycles. The molecule has 1 amide bonds. The maximum atomic E-state index is 12.7. The molecule has 3 aromatic rings. The Labute approximate surface area is 157 Å². The van der Waals surface area contributed by atoms with Crippen molar-refractivity contribution in [1.82, 2.24) is 14.5 Å².